The number of rotatable bonds is 1. The van der Waals surface area contributed by atoms with Gasteiger partial charge in [0.05, 0.1) is 6.10 Å². The van der Waals surface area contributed by atoms with Crippen LogP contribution in [0.3, 0.4) is 0 Å². The van der Waals surface area contributed by atoms with Crippen LogP contribution in [0.4, 0.5) is 0 Å². The third-order valence-corrected chi connectivity index (χ3v) is 9.23. The molecule has 0 spiro atoms. The van der Waals surface area contributed by atoms with E-state index in [0.717, 1.165) is 32.1 Å². The van der Waals surface area contributed by atoms with Crippen molar-refractivity contribution in [2.24, 2.45) is 34.5 Å². The summed E-state index contributed by atoms with van der Waals surface area (Å²) in [4.78, 5) is 24.2. The lowest BCUT2D eigenvalue weighted by Crippen LogP contribution is -2.60. The van der Waals surface area contributed by atoms with Crippen LogP contribution in [0.1, 0.15) is 72.1 Å². The molecule has 0 aromatic heterocycles. The van der Waals surface area contributed by atoms with Gasteiger partial charge in [-0.25, -0.2) is 0 Å². The maximum atomic E-state index is 12.2. The van der Waals surface area contributed by atoms with Crippen LogP contribution in [0.25, 0.3) is 0 Å². The second-order valence-corrected chi connectivity index (χ2v) is 9.95. The summed E-state index contributed by atoms with van der Waals surface area (Å²) in [6.45, 7) is 5.92. The number of fused-ring (bicyclic) bond motifs is 5. The maximum absolute atomic E-state index is 12.2. The predicted octanol–water partition coefficient (Wildman–Crippen LogP) is 2.89. The molecule has 4 fully saturated rings. The van der Waals surface area contributed by atoms with E-state index in [1.807, 2.05) is 0 Å². The van der Waals surface area contributed by atoms with Crippen LogP contribution in [0.15, 0.2) is 0 Å². The van der Waals surface area contributed by atoms with Gasteiger partial charge in [-0.15, -0.1) is 0 Å². The van der Waals surface area contributed by atoms with E-state index in [-0.39, 0.29) is 22.5 Å². The van der Waals surface area contributed by atoms with E-state index in [2.05, 4.69) is 13.8 Å². The van der Waals surface area contributed by atoms with Gasteiger partial charge in [-0.3, -0.25) is 9.59 Å². The smallest absolute Gasteiger partial charge is 0.161 e. The van der Waals surface area contributed by atoms with Gasteiger partial charge in [0.2, 0.25) is 0 Å². The normalized spacial score (nSPS) is 55.2. The molecule has 0 aromatic carbocycles. The van der Waals surface area contributed by atoms with Crippen molar-refractivity contribution < 1.29 is 19.8 Å². The molecule has 8 atom stereocenters. The fourth-order valence-electron chi connectivity index (χ4n) is 7.68. The van der Waals surface area contributed by atoms with Crippen LogP contribution >= 0.6 is 0 Å². The van der Waals surface area contributed by atoms with E-state index in [4.69, 9.17) is 0 Å². The van der Waals surface area contributed by atoms with Crippen molar-refractivity contribution in [3.63, 3.8) is 0 Å². The molecule has 140 valence electrons. The molecular formula is C21H32O4. The molecule has 0 bridgehead atoms. The molecule has 4 nitrogen and oxygen atoms in total. The topological polar surface area (TPSA) is 74.6 Å². The first kappa shape index (κ1) is 17.7. The fourth-order valence-corrected chi connectivity index (χ4v) is 7.68. The first-order valence-corrected chi connectivity index (χ1v) is 10.1. The number of hydrogen-bond donors (Lipinski definition) is 2. The highest BCUT2D eigenvalue weighted by Crippen LogP contribution is 2.68. The van der Waals surface area contributed by atoms with Gasteiger partial charge in [0.1, 0.15) is 11.4 Å². The van der Waals surface area contributed by atoms with Gasteiger partial charge < -0.3 is 10.2 Å². The van der Waals surface area contributed by atoms with Crippen LogP contribution in [-0.2, 0) is 9.59 Å². The quantitative estimate of drug-likeness (QED) is 0.764. The number of ketones is 2. The number of carbonyl (C=O) groups is 2. The SMILES string of the molecule is CC(=O)[C@]1(O)CC[C@H]2[C@@H]3C[C@@H](O)[C@H]4CC(=O)CC[C@]4(C)[C@@H]3CC[C@@]21C. The van der Waals surface area contributed by atoms with E-state index >= 15 is 0 Å². The van der Waals surface area contributed by atoms with E-state index in [1.54, 1.807) is 0 Å². The third-order valence-electron chi connectivity index (χ3n) is 9.23. The lowest BCUT2D eigenvalue weighted by Gasteiger charge is -2.61. The fraction of sp³-hybridized carbons (Fsp3) is 0.905. The number of Topliss-reactive ketones (excluding diaryl/α,β-unsaturated/α-hetero) is 2. The van der Waals surface area contributed by atoms with Crippen molar-refractivity contribution in [2.75, 3.05) is 0 Å². The second-order valence-electron chi connectivity index (χ2n) is 9.95. The van der Waals surface area contributed by atoms with Gasteiger partial charge in [0.25, 0.3) is 0 Å². The minimum absolute atomic E-state index is 0.0223. The molecular weight excluding hydrogens is 316 g/mol. The number of aliphatic hydroxyl groups is 2. The summed E-state index contributed by atoms with van der Waals surface area (Å²) in [5, 5.41) is 22.0. The van der Waals surface area contributed by atoms with Crippen molar-refractivity contribution >= 4 is 11.6 Å². The molecule has 4 aliphatic rings. The molecule has 4 heteroatoms. The summed E-state index contributed by atoms with van der Waals surface area (Å²) in [6, 6.07) is 0. The number of aliphatic hydroxyl groups excluding tert-OH is 1. The summed E-state index contributed by atoms with van der Waals surface area (Å²) in [5.74, 6) is 1.45. The Morgan fingerprint density at radius 2 is 1.76 bits per heavy atom. The highest BCUT2D eigenvalue weighted by Gasteiger charge is 2.67. The van der Waals surface area contributed by atoms with Crippen LogP contribution in [0.5, 0.6) is 0 Å². The van der Waals surface area contributed by atoms with E-state index in [9.17, 15) is 19.8 Å². The predicted molar refractivity (Wildman–Crippen MR) is 93.8 cm³/mol. The minimum atomic E-state index is -1.20. The zero-order chi connectivity index (χ0) is 18.2. The molecule has 4 aliphatic carbocycles. The summed E-state index contributed by atoms with van der Waals surface area (Å²) >= 11 is 0. The molecule has 0 aromatic rings. The Hall–Kier alpha value is -0.740. The minimum Gasteiger partial charge on any atom is -0.393 e. The molecule has 25 heavy (non-hydrogen) atoms. The molecule has 0 radical (unpaired) electrons. The number of hydrogen-bond acceptors (Lipinski definition) is 4. The van der Waals surface area contributed by atoms with Gasteiger partial charge in [0.15, 0.2) is 5.78 Å². The molecule has 0 heterocycles. The lowest BCUT2D eigenvalue weighted by atomic mass is 9.43. The van der Waals surface area contributed by atoms with Crippen LogP contribution in [0, 0.1) is 34.5 Å². The van der Waals surface area contributed by atoms with Crippen molar-refractivity contribution in [2.45, 2.75) is 83.8 Å². The Labute approximate surface area is 150 Å². The second kappa shape index (κ2) is 5.39. The standard InChI is InChI=1S/C21H32O4/c1-12(22)21(25)9-6-16-14-11-18(24)17-10-13(23)4-7-19(17,2)15(14)5-8-20(16,21)3/h14-18,24-25H,4-11H2,1-3H3/t14-,15-,16+,17-,18-,19-,20+,21-/m1/s1. The van der Waals surface area contributed by atoms with Crippen molar-refractivity contribution in [1.82, 2.24) is 0 Å². The molecule has 0 aliphatic heterocycles. The van der Waals surface area contributed by atoms with Gasteiger partial charge >= 0.3 is 0 Å². The summed E-state index contributed by atoms with van der Waals surface area (Å²) < 4.78 is 0. The van der Waals surface area contributed by atoms with Gasteiger partial charge in [-0.2, -0.15) is 0 Å². The highest BCUT2D eigenvalue weighted by molar-refractivity contribution is 5.86. The van der Waals surface area contributed by atoms with Gasteiger partial charge in [-0.05, 0) is 74.5 Å². The average Bonchev–Trinajstić information content (AvgIpc) is 2.83. The third kappa shape index (κ3) is 2.13. The van der Waals surface area contributed by atoms with Gasteiger partial charge in [-0.1, -0.05) is 13.8 Å². The maximum Gasteiger partial charge on any atom is 0.161 e. The highest BCUT2D eigenvalue weighted by atomic mass is 16.3. The van der Waals surface area contributed by atoms with Crippen LogP contribution < -0.4 is 0 Å². The zero-order valence-electron chi connectivity index (χ0n) is 15.8. The average molecular weight is 348 g/mol. The van der Waals surface area contributed by atoms with Crippen LogP contribution in [-0.4, -0.2) is 33.5 Å². The molecule has 0 unspecified atom stereocenters. The van der Waals surface area contributed by atoms with Crippen molar-refractivity contribution in [1.29, 1.82) is 0 Å². The first-order valence-electron chi connectivity index (χ1n) is 10.1. The summed E-state index contributed by atoms with van der Waals surface area (Å²) in [6.07, 6.45) is 5.66. The summed E-state index contributed by atoms with van der Waals surface area (Å²) in [7, 11) is 0. The Kier molecular flexibility index (Phi) is 3.81. The lowest BCUT2D eigenvalue weighted by molar-refractivity contribution is -0.184. The molecule has 4 saturated carbocycles. The molecule has 4 rings (SSSR count). The number of carbonyl (C=O) groups excluding carboxylic acids is 2. The van der Waals surface area contributed by atoms with E-state index in [0.29, 0.717) is 42.8 Å². The van der Waals surface area contributed by atoms with Crippen molar-refractivity contribution in [3.8, 4) is 0 Å². The van der Waals surface area contributed by atoms with Crippen molar-refractivity contribution in [3.05, 3.63) is 0 Å². The molecule has 0 saturated heterocycles. The van der Waals surface area contributed by atoms with E-state index in [1.165, 1.54) is 6.92 Å². The molecule has 0 amide bonds. The largest absolute Gasteiger partial charge is 0.393 e. The molecule has 2 N–H and O–H groups in total. The summed E-state index contributed by atoms with van der Waals surface area (Å²) in [5.41, 5.74) is -1.55. The first-order chi connectivity index (χ1) is 11.6. The van der Waals surface area contributed by atoms with Gasteiger partial charge in [0, 0.05) is 18.3 Å². The Morgan fingerprint density at radius 3 is 2.44 bits per heavy atom. The Morgan fingerprint density at radius 1 is 1.08 bits per heavy atom. The Balaban J connectivity index is 1.69. The Bertz CT molecular complexity index is 615. The van der Waals surface area contributed by atoms with E-state index < -0.39 is 11.7 Å². The monoisotopic (exact) mass is 348 g/mol. The van der Waals surface area contributed by atoms with Crippen LogP contribution in [0.2, 0.25) is 0 Å². The zero-order valence-corrected chi connectivity index (χ0v) is 15.8.